The molecule has 0 spiro atoms. The van der Waals surface area contributed by atoms with E-state index in [1.165, 1.54) is 0 Å². The van der Waals surface area contributed by atoms with Gasteiger partial charge in [-0.05, 0) is 67.9 Å². The van der Waals surface area contributed by atoms with Crippen molar-refractivity contribution in [3.63, 3.8) is 0 Å². The Kier molecular flexibility index (Phi) is 7.79. The lowest BCUT2D eigenvalue weighted by molar-refractivity contribution is -0.113. The molecule has 37 heavy (non-hydrogen) atoms. The maximum Gasteiger partial charge on any atom is 0.264 e. The highest BCUT2D eigenvalue weighted by atomic mass is 32.2. The number of benzene rings is 3. The number of rotatable bonds is 9. The zero-order valence-electron chi connectivity index (χ0n) is 20.2. The van der Waals surface area contributed by atoms with Gasteiger partial charge in [0.25, 0.3) is 10.0 Å². The summed E-state index contributed by atoms with van der Waals surface area (Å²) < 4.78 is 49.6. The summed E-state index contributed by atoms with van der Waals surface area (Å²) in [5, 5.41) is 11.4. The van der Waals surface area contributed by atoms with E-state index >= 15 is 0 Å². The third-order valence-electron chi connectivity index (χ3n) is 5.33. The number of carbonyl (C=O) groups is 1. The highest BCUT2D eigenvalue weighted by molar-refractivity contribution is 7.99. The summed E-state index contributed by atoms with van der Waals surface area (Å²) in [5.74, 6) is -0.0196. The van der Waals surface area contributed by atoms with Crippen molar-refractivity contribution >= 4 is 39.1 Å². The first kappa shape index (κ1) is 26.2. The summed E-state index contributed by atoms with van der Waals surface area (Å²) in [4.78, 5) is 12.2. The van der Waals surface area contributed by atoms with Crippen LogP contribution in [0.1, 0.15) is 11.4 Å². The summed E-state index contributed by atoms with van der Waals surface area (Å²) in [6.45, 7) is 3.38. The first-order valence-electron chi connectivity index (χ1n) is 11.0. The summed E-state index contributed by atoms with van der Waals surface area (Å²) in [5.41, 5.74) is 1.67. The number of halogens is 1. The van der Waals surface area contributed by atoms with Gasteiger partial charge >= 0.3 is 0 Å². The minimum absolute atomic E-state index is 0.0323. The maximum absolute atomic E-state index is 14.6. The molecule has 0 saturated carbocycles. The van der Waals surface area contributed by atoms with Crippen LogP contribution in [-0.4, -0.2) is 42.0 Å². The molecule has 0 fully saturated rings. The Morgan fingerprint density at radius 1 is 1.05 bits per heavy atom. The van der Waals surface area contributed by atoms with E-state index in [0.717, 1.165) is 29.6 Å². The van der Waals surface area contributed by atoms with E-state index in [0.29, 0.717) is 28.0 Å². The van der Waals surface area contributed by atoms with Crippen molar-refractivity contribution in [1.29, 1.82) is 0 Å². The Labute approximate surface area is 218 Å². The molecule has 1 amide bonds. The number of nitrogens with zero attached hydrogens (tertiary/aromatic N) is 3. The molecular weight excluding hydrogens is 517 g/mol. The number of aromatic nitrogens is 3. The lowest BCUT2D eigenvalue weighted by atomic mass is 10.2. The largest absolute Gasteiger partial charge is 0.497 e. The Hall–Kier alpha value is -3.90. The van der Waals surface area contributed by atoms with Crippen molar-refractivity contribution in [2.45, 2.75) is 23.9 Å². The first-order valence-corrected chi connectivity index (χ1v) is 13.5. The maximum atomic E-state index is 14.6. The molecule has 0 aliphatic heterocycles. The molecule has 4 aromatic rings. The van der Waals surface area contributed by atoms with Crippen LogP contribution in [0, 0.1) is 19.7 Å². The lowest BCUT2D eigenvalue weighted by Gasteiger charge is -2.14. The number of nitrogens with one attached hydrogen (secondary N) is 2. The zero-order chi connectivity index (χ0) is 26.6. The second-order valence-electron chi connectivity index (χ2n) is 7.97. The first-order chi connectivity index (χ1) is 17.7. The topological polar surface area (TPSA) is 115 Å². The van der Waals surface area contributed by atoms with E-state index in [1.54, 1.807) is 55.9 Å². The van der Waals surface area contributed by atoms with Crippen molar-refractivity contribution < 1.29 is 22.3 Å². The van der Waals surface area contributed by atoms with Gasteiger partial charge in [0.1, 0.15) is 22.3 Å². The van der Waals surface area contributed by atoms with Crippen molar-refractivity contribution in [2.75, 3.05) is 22.9 Å². The van der Waals surface area contributed by atoms with Gasteiger partial charge in [-0.3, -0.25) is 14.1 Å². The molecule has 0 saturated heterocycles. The highest BCUT2D eigenvalue weighted by Gasteiger charge is 2.22. The van der Waals surface area contributed by atoms with Gasteiger partial charge in [-0.25, -0.2) is 12.8 Å². The van der Waals surface area contributed by atoms with Crippen LogP contribution in [0.2, 0.25) is 0 Å². The summed E-state index contributed by atoms with van der Waals surface area (Å²) in [7, 11) is -2.64. The van der Waals surface area contributed by atoms with Crippen LogP contribution in [-0.2, 0) is 14.8 Å². The average molecular weight is 542 g/mol. The van der Waals surface area contributed by atoms with E-state index in [2.05, 4.69) is 20.2 Å². The number of anilines is 2. The number of para-hydroxylation sites is 1. The van der Waals surface area contributed by atoms with Crippen LogP contribution < -0.4 is 14.8 Å². The predicted octanol–water partition coefficient (Wildman–Crippen LogP) is 4.56. The smallest absolute Gasteiger partial charge is 0.264 e. The normalized spacial score (nSPS) is 11.2. The summed E-state index contributed by atoms with van der Waals surface area (Å²) in [6, 6.07) is 17.7. The van der Waals surface area contributed by atoms with E-state index in [9.17, 15) is 17.6 Å². The monoisotopic (exact) mass is 541 g/mol. The molecule has 4 rings (SSSR count). The van der Waals surface area contributed by atoms with Gasteiger partial charge in [-0.2, -0.15) is 0 Å². The van der Waals surface area contributed by atoms with Gasteiger partial charge in [0.05, 0.1) is 12.9 Å². The SMILES string of the molecule is COc1ccc(-n2c(C)nnc2SCC(=O)Nc2cc(S(=O)(=O)Nc3ccccc3)c(F)cc2C)cc1. The number of ether oxygens (including phenoxy) is 1. The second kappa shape index (κ2) is 11.0. The number of hydrogen-bond acceptors (Lipinski definition) is 7. The molecule has 3 aromatic carbocycles. The number of methoxy groups -OCH3 is 1. The molecule has 0 aliphatic rings. The van der Waals surface area contributed by atoms with Gasteiger partial charge in [-0.15, -0.1) is 10.2 Å². The van der Waals surface area contributed by atoms with Crippen LogP contribution in [0.4, 0.5) is 15.8 Å². The molecule has 0 radical (unpaired) electrons. The summed E-state index contributed by atoms with van der Waals surface area (Å²) >= 11 is 1.16. The standard InChI is InChI=1S/C25H24FN5O4S2/c1-16-13-21(26)23(37(33,34)30-18-7-5-4-6-8-18)14-22(16)27-24(32)15-36-25-29-28-17(2)31(25)19-9-11-20(35-3)12-10-19/h4-14,30H,15H2,1-3H3,(H,27,32). The third-order valence-corrected chi connectivity index (χ3v) is 7.65. The van der Waals surface area contributed by atoms with E-state index in [-0.39, 0.29) is 11.4 Å². The zero-order valence-corrected chi connectivity index (χ0v) is 21.9. The molecule has 1 aromatic heterocycles. The minimum Gasteiger partial charge on any atom is -0.497 e. The quantitative estimate of drug-likeness (QED) is 0.299. The number of hydrogen-bond donors (Lipinski definition) is 2. The van der Waals surface area contributed by atoms with Gasteiger partial charge in [0, 0.05) is 17.1 Å². The van der Waals surface area contributed by atoms with Crippen LogP contribution in [0.15, 0.2) is 76.8 Å². The highest BCUT2D eigenvalue weighted by Crippen LogP contribution is 2.27. The molecule has 0 atom stereocenters. The number of amides is 1. The van der Waals surface area contributed by atoms with Gasteiger partial charge in [0.2, 0.25) is 5.91 Å². The van der Waals surface area contributed by atoms with Crippen molar-refractivity contribution in [1.82, 2.24) is 14.8 Å². The van der Waals surface area contributed by atoms with E-state index in [1.807, 2.05) is 24.3 Å². The third kappa shape index (κ3) is 6.09. The van der Waals surface area contributed by atoms with E-state index in [4.69, 9.17) is 4.74 Å². The molecular formula is C25H24FN5O4S2. The molecule has 12 heteroatoms. The fourth-order valence-corrected chi connectivity index (χ4v) is 5.43. The second-order valence-corrected chi connectivity index (χ2v) is 10.6. The van der Waals surface area contributed by atoms with Crippen LogP contribution in [0.25, 0.3) is 5.69 Å². The van der Waals surface area contributed by atoms with Gasteiger partial charge in [-0.1, -0.05) is 30.0 Å². The lowest BCUT2D eigenvalue weighted by Crippen LogP contribution is -2.18. The molecule has 0 aliphatic carbocycles. The molecule has 1 heterocycles. The van der Waals surface area contributed by atoms with Crippen molar-refractivity contribution in [3.05, 3.63) is 83.9 Å². The summed E-state index contributed by atoms with van der Waals surface area (Å²) in [6.07, 6.45) is 0. The van der Waals surface area contributed by atoms with Crippen molar-refractivity contribution in [2.24, 2.45) is 0 Å². The number of sulfonamides is 1. The fraction of sp³-hybridized carbons (Fsp3) is 0.160. The Morgan fingerprint density at radius 2 is 1.76 bits per heavy atom. The molecule has 0 unspecified atom stereocenters. The number of carbonyl (C=O) groups excluding carboxylic acids is 1. The van der Waals surface area contributed by atoms with Gasteiger partial charge in [0.15, 0.2) is 5.16 Å². The Bertz CT molecular complexity index is 1520. The van der Waals surface area contributed by atoms with Crippen LogP contribution in [0.3, 0.4) is 0 Å². The average Bonchev–Trinajstić information content (AvgIpc) is 3.24. The molecule has 9 nitrogen and oxygen atoms in total. The van der Waals surface area contributed by atoms with Crippen LogP contribution >= 0.6 is 11.8 Å². The van der Waals surface area contributed by atoms with Crippen molar-refractivity contribution in [3.8, 4) is 11.4 Å². The fourth-order valence-electron chi connectivity index (χ4n) is 3.49. The number of aryl methyl sites for hydroxylation is 2. The van der Waals surface area contributed by atoms with Gasteiger partial charge < -0.3 is 10.1 Å². The van der Waals surface area contributed by atoms with E-state index < -0.39 is 26.6 Å². The van der Waals surface area contributed by atoms with Crippen LogP contribution in [0.5, 0.6) is 5.75 Å². The minimum atomic E-state index is -4.22. The predicted molar refractivity (Wildman–Crippen MR) is 140 cm³/mol. The molecule has 192 valence electrons. The Balaban J connectivity index is 1.49. The number of thioether (sulfide) groups is 1. The Morgan fingerprint density at radius 3 is 2.43 bits per heavy atom. The molecule has 2 N–H and O–H groups in total. The molecule has 0 bridgehead atoms.